The zero-order valence-corrected chi connectivity index (χ0v) is 18.3. The minimum absolute atomic E-state index is 0.736. The van der Waals surface area contributed by atoms with Crippen LogP contribution in [0.1, 0.15) is 5.56 Å². The van der Waals surface area contributed by atoms with Gasteiger partial charge in [-0.3, -0.25) is 14.7 Å². The van der Waals surface area contributed by atoms with Crippen molar-refractivity contribution in [3.63, 3.8) is 0 Å². The number of anilines is 1. The first-order valence-corrected chi connectivity index (χ1v) is 10.2. The Bertz CT molecular complexity index is 1200. The summed E-state index contributed by atoms with van der Waals surface area (Å²) in [5.74, 6) is 0. The molecule has 0 bridgehead atoms. The minimum atomic E-state index is 0.736. The molecule has 4 rings (SSSR count). The highest BCUT2D eigenvalue weighted by atomic mass is 32.2. The molecule has 3 aromatic rings. The van der Waals surface area contributed by atoms with E-state index in [0.29, 0.717) is 0 Å². The second-order valence-electron chi connectivity index (χ2n) is 7.04. The molecule has 0 amide bonds. The minimum Gasteiger partial charge on any atom is -0.377 e. The Kier molecular flexibility index (Phi) is 5.41. The fourth-order valence-electron chi connectivity index (χ4n) is 3.18. The molecular weight excluding hydrogens is 394 g/mol. The number of amidine groups is 1. The van der Waals surface area contributed by atoms with Crippen LogP contribution in [-0.4, -0.2) is 51.8 Å². The summed E-state index contributed by atoms with van der Waals surface area (Å²) in [5.41, 5.74) is 4.60. The van der Waals surface area contributed by atoms with Crippen LogP contribution in [0.2, 0.25) is 0 Å². The van der Waals surface area contributed by atoms with Crippen molar-refractivity contribution in [1.29, 1.82) is 0 Å². The van der Waals surface area contributed by atoms with Gasteiger partial charge in [0.2, 0.25) is 0 Å². The molecule has 1 aromatic carbocycles. The normalized spacial score (nSPS) is 14.4. The molecule has 0 unspecified atom stereocenters. The van der Waals surface area contributed by atoms with Crippen LogP contribution in [0, 0.1) is 0 Å². The largest absolute Gasteiger partial charge is 0.377 e. The van der Waals surface area contributed by atoms with Gasteiger partial charge in [-0.1, -0.05) is 18.3 Å². The van der Waals surface area contributed by atoms with E-state index < -0.39 is 0 Å². The van der Waals surface area contributed by atoms with Crippen LogP contribution in [0.15, 0.2) is 82.3 Å². The number of pyridine rings is 1. The first-order chi connectivity index (χ1) is 14.5. The molecule has 0 saturated heterocycles. The predicted molar refractivity (Wildman–Crippen MR) is 125 cm³/mol. The van der Waals surface area contributed by atoms with Crippen molar-refractivity contribution in [2.24, 2.45) is 17.1 Å². The van der Waals surface area contributed by atoms with Gasteiger partial charge in [0, 0.05) is 62.1 Å². The van der Waals surface area contributed by atoms with Crippen molar-refractivity contribution < 1.29 is 0 Å². The number of benzene rings is 1. The van der Waals surface area contributed by atoms with E-state index in [1.807, 2.05) is 57.8 Å². The summed E-state index contributed by atoms with van der Waals surface area (Å²) in [6.07, 6.45) is 9.45. The number of aryl methyl sites for hydroxylation is 1. The van der Waals surface area contributed by atoms with Crippen LogP contribution in [0.3, 0.4) is 0 Å². The maximum absolute atomic E-state index is 4.76. The summed E-state index contributed by atoms with van der Waals surface area (Å²) < 4.78 is 1.76. The lowest BCUT2D eigenvalue weighted by Gasteiger charge is -2.24. The molecule has 2 aromatic heterocycles. The van der Waals surface area contributed by atoms with Crippen LogP contribution in [0.4, 0.5) is 5.69 Å². The fourth-order valence-corrected chi connectivity index (χ4v) is 4.04. The summed E-state index contributed by atoms with van der Waals surface area (Å²) in [6.45, 7) is 4.13. The van der Waals surface area contributed by atoms with E-state index in [1.165, 1.54) is 0 Å². The van der Waals surface area contributed by atoms with E-state index in [9.17, 15) is 0 Å². The summed E-state index contributed by atoms with van der Waals surface area (Å²) in [6, 6.07) is 8.25. The van der Waals surface area contributed by atoms with E-state index in [-0.39, 0.29) is 0 Å². The average molecular weight is 418 g/mol. The van der Waals surface area contributed by atoms with E-state index >= 15 is 0 Å². The average Bonchev–Trinajstić information content (AvgIpc) is 3.18. The van der Waals surface area contributed by atoms with Crippen molar-refractivity contribution in [3.8, 4) is 0 Å². The maximum atomic E-state index is 4.76. The fraction of sp³-hybridized carbons (Fsp3) is 0.182. The van der Waals surface area contributed by atoms with Crippen molar-refractivity contribution in [3.05, 3.63) is 72.8 Å². The number of hydrogen-bond acceptors (Lipinski definition) is 6. The standard InChI is InChI=1S/C22H23N7S/c1-15-6-8-19(16-13-25-28(5)14-16)26-29(15)22(23-2)30-17-7-9-20-18(12-17)21(27(3)4)10-11-24-20/h6-14H,1H2,2-5H3. The second kappa shape index (κ2) is 8.16. The quantitative estimate of drug-likeness (QED) is 0.367. The maximum Gasteiger partial charge on any atom is 0.189 e. The molecular formula is C22H23N7S. The van der Waals surface area contributed by atoms with Gasteiger partial charge in [0.25, 0.3) is 0 Å². The van der Waals surface area contributed by atoms with E-state index in [0.717, 1.165) is 43.6 Å². The predicted octanol–water partition coefficient (Wildman–Crippen LogP) is 3.90. The van der Waals surface area contributed by atoms with Crippen molar-refractivity contribution in [2.75, 3.05) is 26.0 Å². The van der Waals surface area contributed by atoms with E-state index in [1.54, 1.807) is 34.7 Å². The Labute approximate surface area is 180 Å². The lowest BCUT2D eigenvalue weighted by Crippen LogP contribution is -2.25. The highest BCUT2D eigenvalue weighted by Crippen LogP contribution is 2.31. The zero-order valence-electron chi connectivity index (χ0n) is 17.4. The van der Waals surface area contributed by atoms with Gasteiger partial charge in [-0.15, -0.1) is 0 Å². The Balaban J connectivity index is 1.66. The zero-order chi connectivity index (χ0) is 21.3. The van der Waals surface area contributed by atoms with Crippen molar-refractivity contribution >= 4 is 39.2 Å². The number of thioether (sulfide) groups is 1. The molecule has 0 saturated carbocycles. The molecule has 1 aliphatic heterocycles. The second-order valence-corrected chi connectivity index (χ2v) is 8.08. The Hall–Kier alpha value is -3.39. The number of aromatic nitrogens is 3. The van der Waals surface area contributed by atoms with Crippen molar-refractivity contribution in [2.45, 2.75) is 4.90 Å². The smallest absolute Gasteiger partial charge is 0.189 e. The van der Waals surface area contributed by atoms with Gasteiger partial charge >= 0.3 is 0 Å². The van der Waals surface area contributed by atoms with Gasteiger partial charge in [0.1, 0.15) is 0 Å². The molecule has 0 fully saturated rings. The molecule has 3 heterocycles. The van der Waals surface area contributed by atoms with Crippen LogP contribution in [0.25, 0.3) is 10.9 Å². The number of allylic oxidation sites excluding steroid dienone is 2. The Morgan fingerprint density at radius 3 is 2.73 bits per heavy atom. The molecule has 0 spiro atoms. The Morgan fingerprint density at radius 1 is 1.20 bits per heavy atom. The highest BCUT2D eigenvalue weighted by molar-refractivity contribution is 8.13. The number of rotatable bonds is 3. The van der Waals surface area contributed by atoms with Gasteiger partial charge in [-0.25, -0.2) is 5.01 Å². The van der Waals surface area contributed by atoms with Crippen LogP contribution in [0.5, 0.6) is 0 Å². The first-order valence-electron chi connectivity index (χ1n) is 9.41. The molecule has 152 valence electrons. The number of hydrogen-bond donors (Lipinski definition) is 0. The monoisotopic (exact) mass is 417 g/mol. The van der Waals surface area contributed by atoms with Gasteiger partial charge < -0.3 is 4.90 Å². The third-order valence-electron chi connectivity index (χ3n) is 4.67. The number of nitrogens with zero attached hydrogens (tertiary/aromatic N) is 7. The molecule has 0 atom stereocenters. The molecule has 0 aliphatic carbocycles. The van der Waals surface area contributed by atoms with Crippen LogP contribution < -0.4 is 4.90 Å². The van der Waals surface area contributed by atoms with Gasteiger partial charge in [0.15, 0.2) is 5.17 Å². The molecule has 0 N–H and O–H groups in total. The van der Waals surface area contributed by atoms with Crippen molar-refractivity contribution in [1.82, 2.24) is 19.8 Å². The topological polar surface area (TPSA) is 61.9 Å². The lowest BCUT2D eigenvalue weighted by molar-refractivity contribution is 0.577. The number of fused-ring (bicyclic) bond motifs is 1. The lowest BCUT2D eigenvalue weighted by atomic mass is 10.2. The molecule has 30 heavy (non-hydrogen) atoms. The van der Waals surface area contributed by atoms with Gasteiger partial charge in [-0.2, -0.15) is 10.2 Å². The SMILES string of the molecule is C=C1C=CC(c2cnn(C)c2)=NN1C(=NC)Sc1ccc2nccc(N(C)C)c2c1. The third kappa shape index (κ3) is 3.86. The molecule has 7 nitrogen and oxygen atoms in total. The van der Waals surface area contributed by atoms with Gasteiger partial charge in [-0.05, 0) is 36.4 Å². The van der Waals surface area contributed by atoms with Gasteiger partial charge in [0.05, 0.1) is 23.1 Å². The van der Waals surface area contributed by atoms with E-state index in [2.05, 4.69) is 38.7 Å². The van der Waals surface area contributed by atoms with E-state index in [4.69, 9.17) is 5.10 Å². The summed E-state index contributed by atoms with van der Waals surface area (Å²) >= 11 is 1.54. The summed E-state index contributed by atoms with van der Waals surface area (Å²) in [5, 5.41) is 12.6. The molecule has 1 aliphatic rings. The number of aliphatic imine (C=N–C) groups is 1. The summed E-state index contributed by atoms with van der Waals surface area (Å²) in [4.78, 5) is 12.1. The highest BCUT2D eigenvalue weighted by Gasteiger charge is 2.19. The first kappa shape index (κ1) is 19.9. The number of hydrazone groups is 1. The van der Waals surface area contributed by atoms with Crippen LogP contribution in [-0.2, 0) is 7.05 Å². The summed E-state index contributed by atoms with van der Waals surface area (Å²) in [7, 11) is 7.72. The van der Waals surface area contributed by atoms with Crippen LogP contribution >= 0.6 is 11.8 Å². The Morgan fingerprint density at radius 2 is 2.03 bits per heavy atom. The third-order valence-corrected chi connectivity index (χ3v) is 5.70. The molecule has 8 heteroatoms. The molecule has 0 radical (unpaired) electrons.